The molecule has 8 nitrogen and oxygen atoms in total. The first kappa shape index (κ1) is 23.3. The van der Waals surface area contributed by atoms with Crippen LogP contribution in [0.5, 0.6) is 17.2 Å². The van der Waals surface area contributed by atoms with E-state index in [9.17, 15) is 4.79 Å². The number of thiophene rings is 1. The fraction of sp³-hybridized carbons (Fsp3) is 0.429. The van der Waals surface area contributed by atoms with Gasteiger partial charge in [-0.15, -0.1) is 11.3 Å². The van der Waals surface area contributed by atoms with Crippen molar-refractivity contribution in [3.63, 3.8) is 0 Å². The van der Waals surface area contributed by atoms with Crippen molar-refractivity contribution in [1.82, 2.24) is 16.0 Å². The number of hydrogen-bond donors (Lipinski definition) is 3. The maximum absolute atomic E-state index is 11.9. The zero-order chi connectivity index (χ0) is 21.8. The van der Waals surface area contributed by atoms with Crippen LogP contribution in [0.15, 0.2) is 34.6 Å². The highest BCUT2D eigenvalue weighted by atomic mass is 32.1. The highest BCUT2D eigenvalue weighted by Crippen LogP contribution is 2.38. The zero-order valence-corrected chi connectivity index (χ0v) is 18.7. The number of rotatable bonds is 11. The number of methoxy groups -OCH3 is 3. The Kier molecular flexibility index (Phi) is 9.79. The lowest BCUT2D eigenvalue weighted by Gasteiger charge is -2.14. The van der Waals surface area contributed by atoms with E-state index < -0.39 is 0 Å². The molecule has 164 valence electrons. The van der Waals surface area contributed by atoms with Gasteiger partial charge in [-0.2, -0.15) is 0 Å². The average molecular weight is 435 g/mol. The quantitative estimate of drug-likeness (QED) is 0.286. The van der Waals surface area contributed by atoms with Gasteiger partial charge >= 0.3 is 0 Å². The van der Waals surface area contributed by atoms with Crippen molar-refractivity contribution >= 4 is 23.2 Å². The van der Waals surface area contributed by atoms with Gasteiger partial charge in [-0.25, -0.2) is 4.99 Å². The molecule has 0 radical (unpaired) electrons. The van der Waals surface area contributed by atoms with Gasteiger partial charge in [-0.05, 0) is 42.5 Å². The van der Waals surface area contributed by atoms with Gasteiger partial charge < -0.3 is 30.2 Å². The Labute approximate surface area is 181 Å². The lowest BCUT2D eigenvalue weighted by molar-refractivity contribution is 0.0957. The summed E-state index contributed by atoms with van der Waals surface area (Å²) in [7, 11) is 4.76. The van der Waals surface area contributed by atoms with Crippen LogP contribution in [0, 0.1) is 0 Å². The number of nitrogens with one attached hydrogen (secondary N) is 3. The molecule has 3 N–H and O–H groups in total. The number of ether oxygens (including phenoxy) is 3. The highest BCUT2D eigenvalue weighted by Gasteiger charge is 2.13. The smallest absolute Gasteiger partial charge is 0.261 e. The monoisotopic (exact) mass is 434 g/mol. The van der Waals surface area contributed by atoms with E-state index in [4.69, 9.17) is 14.2 Å². The van der Waals surface area contributed by atoms with E-state index in [-0.39, 0.29) is 5.91 Å². The van der Waals surface area contributed by atoms with Crippen LogP contribution in [0.2, 0.25) is 0 Å². The number of guanidine groups is 1. The standard InChI is InChI=1S/C21H30N4O4S/c1-5-22-21(24-10-7-9-23-20(26)18-8-6-11-30-18)25-14-15-12-16(27-2)19(29-4)17(13-15)28-3/h6,8,11-13H,5,7,9-10,14H2,1-4H3,(H,23,26)(H2,22,24,25). The van der Waals surface area contributed by atoms with Crippen LogP contribution in [0.25, 0.3) is 0 Å². The number of hydrogen-bond acceptors (Lipinski definition) is 6. The van der Waals surface area contributed by atoms with Crippen molar-refractivity contribution in [2.24, 2.45) is 4.99 Å². The molecule has 30 heavy (non-hydrogen) atoms. The van der Waals surface area contributed by atoms with E-state index in [1.807, 2.05) is 36.6 Å². The summed E-state index contributed by atoms with van der Waals surface area (Å²) in [5.41, 5.74) is 0.935. The fourth-order valence-electron chi connectivity index (χ4n) is 2.73. The summed E-state index contributed by atoms with van der Waals surface area (Å²) in [6.45, 7) is 4.48. The molecule has 1 aromatic carbocycles. The van der Waals surface area contributed by atoms with E-state index in [0.29, 0.717) is 42.8 Å². The molecule has 0 fully saturated rings. The molecule has 0 saturated heterocycles. The van der Waals surface area contributed by atoms with Gasteiger partial charge in [0.2, 0.25) is 5.75 Å². The second kappa shape index (κ2) is 12.6. The molecule has 2 aromatic rings. The van der Waals surface area contributed by atoms with Gasteiger partial charge in [0.25, 0.3) is 5.91 Å². The molecule has 1 aromatic heterocycles. The van der Waals surface area contributed by atoms with Gasteiger partial charge in [-0.3, -0.25) is 4.79 Å². The third kappa shape index (κ3) is 6.84. The van der Waals surface area contributed by atoms with Gasteiger partial charge in [0.05, 0.1) is 32.8 Å². The maximum atomic E-state index is 11.9. The van der Waals surface area contributed by atoms with Gasteiger partial charge in [-0.1, -0.05) is 6.07 Å². The van der Waals surface area contributed by atoms with E-state index >= 15 is 0 Å². The Balaban J connectivity index is 1.88. The van der Waals surface area contributed by atoms with E-state index in [1.54, 1.807) is 21.3 Å². The summed E-state index contributed by atoms with van der Waals surface area (Å²) in [4.78, 5) is 17.3. The molecule has 0 aliphatic heterocycles. The first-order valence-electron chi connectivity index (χ1n) is 9.75. The maximum Gasteiger partial charge on any atom is 0.261 e. The molecule has 0 aliphatic rings. The predicted octanol–water partition coefficient (Wildman–Crippen LogP) is 2.65. The largest absolute Gasteiger partial charge is 0.493 e. The summed E-state index contributed by atoms with van der Waals surface area (Å²) < 4.78 is 16.1. The topological polar surface area (TPSA) is 93.2 Å². The first-order valence-corrected chi connectivity index (χ1v) is 10.6. The second-order valence-electron chi connectivity index (χ2n) is 6.24. The lowest BCUT2D eigenvalue weighted by Crippen LogP contribution is -2.38. The molecular weight excluding hydrogens is 404 g/mol. The van der Waals surface area contributed by atoms with E-state index in [2.05, 4.69) is 20.9 Å². The Bertz CT molecular complexity index is 799. The third-order valence-electron chi connectivity index (χ3n) is 4.17. The summed E-state index contributed by atoms with van der Waals surface area (Å²) >= 11 is 1.44. The fourth-order valence-corrected chi connectivity index (χ4v) is 3.37. The van der Waals surface area contributed by atoms with Gasteiger partial charge in [0.1, 0.15) is 0 Å². The summed E-state index contributed by atoms with van der Waals surface area (Å²) in [5, 5.41) is 11.3. The number of aliphatic imine (C=N–C) groups is 1. The van der Waals surface area contributed by atoms with Crippen molar-refractivity contribution < 1.29 is 19.0 Å². The van der Waals surface area contributed by atoms with Crippen LogP contribution in [0.3, 0.4) is 0 Å². The van der Waals surface area contributed by atoms with Crippen LogP contribution >= 0.6 is 11.3 Å². The Morgan fingerprint density at radius 2 is 1.73 bits per heavy atom. The summed E-state index contributed by atoms with van der Waals surface area (Å²) in [6.07, 6.45) is 0.783. The summed E-state index contributed by atoms with van der Waals surface area (Å²) in [6, 6.07) is 7.45. The molecule has 0 atom stereocenters. The van der Waals surface area contributed by atoms with Gasteiger partial charge in [0.15, 0.2) is 17.5 Å². The minimum Gasteiger partial charge on any atom is -0.493 e. The Morgan fingerprint density at radius 1 is 1.03 bits per heavy atom. The number of carbonyl (C=O) groups is 1. The van der Waals surface area contributed by atoms with Crippen molar-refractivity contribution in [1.29, 1.82) is 0 Å². The number of carbonyl (C=O) groups excluding carboxylic acids is 1. The summed E-state index contributed by atoms with van der Waals surface area (Å²) in [5.74, 6) is 2.43. The number of benzene rings is 1. The van der Waals surface area contributed by atoms with Crippen molar-refractivity contribution in [3.05, 3.63) is 40.1 Å². The molecule has 1 amide bonds. The molecular formula is C21H30N4O4S. The van der Waals surface area contributed by atoms with Crippen LogP contribution in [0.4, 0.5) is 0 Å². The molecule has 0 aliphatic carbocycles. The molecule has 0 bridgehead atoms. The Morgan fingerprint density at radius 3 is 2.30 bits per heavy atom. The van der Waals surface area contributed by atoms with Crippen LogP contribution in [-0.2, 0) is 6.54 Å². The van der Waals surface area contributed by atoms with E-state index in [0.717, 1.165) is 23.4 Å². The van der Waals surface area contributed by atoms with Crippen molar-refractivity contribution in [2.45, 2.75) is 19.9 Å². The molecule has 2 rings (SSSR count). The highest BCUT2D eigenvalue weighted by molar-refractivity contribution is 7.12. The zero-order valence-electron chi connectivity index (χ0n) is 17.9. The molecule has 9 heteroatoms. The van der Waals surface area contributed by atoms with Crippen LogP contribution in [-0.4, -0.2) is 52.8 Å². The van der Waals surface area contributed by atoms with Gasteiger partial charge in [0, 0.05) is 19.6 Å². The lowest BCUT2D eigenvalue weighted by atomic mass is 10.2. The third-order valence-corrected chi connectivity index (χ3v) is 5.03. The molecule has 0 spiro atoms. The minimum atomic E-state index is -0.0343. The second-order valence-corrected chi connectivity index (χ2v) is 7.19. The predicted molar refractivity (Wildman–Crippen MR) is 120 cm³/mol. The SMILES string of the molecule is CCNC(=NCc1cc(OC)c(OC)c(OC)c1)NCCCNC(=O)c1cccs1. The van der Waals surface area contributed by atoms with Crippen molar-refractivity contribution in [2.75, 3.05) is 41.0 Å². The number of nitrogens with zero attached hydrogens (tertiary/aromatic N) is 1. The minimum absolute atomic E-state index is 0.0343. The normalized spacial score (nSPS) is 11.0. The molecule has 0 saturated carbocycles. The molecule has 0 unspecified atom stereocenters. The van der Waals surface area contributed by atoms with Crippen LogP contribution in [0.1, 0.15) is 28.6 Å². The number of amides is 1. The molecule has 1 heterocycles. The van der Waals surface area contributed by atoms with Crippen molar-refractivity contribution in [3.8, 4) is 17.2 Å². The Hall–Kier alpha value is -2.94. The van der Waals surface area contributed by atoms with Crippen LogP contribution < -0.4 is 30.2 Å². The van der Waals surface area contributed by atoms with E-state index in [1.165, 1.54) is 11.3 Å². The average Bonchev–Trinajstić information content (AvgIpc) is 3.31. The first-order chi connectivity index (χ1) is 14.6.